The van der Waals surface area contributed by atoms with Gasteiger partial charge in [-0.3, -0.25) is 18.9 Å². The smallest absolute Gasteiger partial charge is 0.356 e. The van der Waals surface area contributed by atoms with Gasteiger partial charge in [-0.2, -0.15) is 4.98 Å². The summed E-state index contributed by atoms with van der Waals surface area (Å²) in [6.07, 6.45) is 0.989. The van der Waals surface area contributed by atoms with E-state index in [0.717, 1.165) is 0 Å². The van der Waals surface area contributed by atoms with E-state index in [2.05, 4.69) is 21.5 Å². The number of nitrogens with zero attached hydrogens (tertiary/aromatic N) is 3. The van der Waals surface area contributed by atoms with E-state index < -0.39 is 25.3 Å². The molecule has 0 aliphatic carbocycles. The van der Waals surface area contributed by atoms with Crippen LogP contribution in [0.4, 0.5) is 10.3 Å². The highest BCUT2D eigenvalue weighted by Crippen LogP contribution is 2.50. The first kappa shape index (κ1) is 26.4. The molecule has 0 radical (unpaired) electrons. The minimum atomic E-state index is -3.88. The molecule has 1 aromatic carbocycles. The predicted octanol–water partition coefficient (Wildman–Crippen LogP) is 3.00. The highest BCUT2D eigenvalue weighted by atomic mass is 31.2. The lowest BCUT2D eigenvalue weighted by Gasteiger charge is -2.19. The third-order valence-corrected chi connectivity index (χ3v) is 6.70. The van der Waals surface area contributed by atoms with Gasteiger partial charge in [-0.25, -0.2) is 9.37 Å². The second-order valence-electron chi connectivity index (χ2n) is 7.78. The van der Waals surface area contributed by atoms with Crippen molar-refractivity contribution in [2.24, 2.45) is 0 Å². The summed E-state index contributed by atoms with van der Waals surface area (Å²) in [6, 6.07) is 4.21. The Morgan fingerprint density at radius 1 is 1.27 bits per heavy atom. The highest BCUT2D eigenvalue weighted by molar-refractivity contribution is 7.53. The number of anilines is 1. The number of methoxy groups -OCH3 is 1. The number of imidazole rings is 1. The van der Waals surface area contributed by atoms with Gasteiger partial charge in [0.15, 0.2) is 28.5 Å². The van der Waals surface area contributed by atoms with Gasteiger partial charge in [-0.15, -0.1) is 0 Å². The third-order valence-electron chi connectivity index (χ3n) is 5.15. The lowest BCUT2D eigenvalue weighted by molar-refractivity contribution is 0.114. The van der Waals surface area contributed by atoms with Gasteiger partial charge in [0.05, 0.1) is 26.7 Å². The average molecular weight is 537 g/mol. The van der Waals surface area contributed by atoms with E-state index in [-0.39, 0.29) is 60.9 Å². The zero-order valence-electron chi connectivity index (χ0n) is 20.1. The second kappa shape index (κ2) is 11.1. The molecule has 37 heavy (non-hydrogen) atoms. The summed E-state index contributed by atoms with van der Waals surface area (Å²) in [5, 5.41) is 0. The maximum Gasteiger partial charge on any atom is 0.356 e. The van der Waals surface area contributed by atoms with Crippen LogP contribution < -0.4 is 16.0 Å². The van der Waals surface area contributed by atoms with Crippen LogP contribution in [0.15, 0.2) is 53.4 Å². The van der Waals surface area contributed by atoms with Crippen LogP contribution >= 0.6 is 7.60 Å². The first-order chi connectivity index (χ1) is 17.7. The summed E-state index contributed by atoms with van der Waals surface area (Å²) in [4.78, 5) is 22.4. The van der Waals surface area contributed by atoms with E-state index in [9.17, 15) is 13.8 Å². The molecule has 0 fully saturated rings. The first-order valence-corrected chi connectivity index (χ1v) is 12.6. The fourth-order valence-electron chi connectivity index (χ4n) is 3.30. The van der Waals surface area contributed by atoms with Gasteiger partial charge in [0.2, 0.25) is 5.95 Å². The molecule has 3 heterocycles. The fourth-order valence-corrected chi connectivity index (χ4v) is 4.54. The number of nitrogens with two attached hydrogens (primary N) is 1. The van der Waals surface area contributed by atoms with E-state index in [4.69, 9.17) is 33.7 Å². The lowest BCUT2D eigenvalue weighted by Crippen LogP contribution is -2.13. The van der Waals surface area contributed by atoms with Crippen LogP contribution in [0, 0.1) is 5.82 Å². The molecule has 1 aliphatic heterocycles. The summed E-state index contributed by atoms with van der Waals surface area (Å²) >= 11 is 0. The van der Waals surface area contributed by atoms with Gasteiger partial charge in [-0.1, -0.05) is 6.07 Å². The van der Waals surface area contributed by atoms with Gasteiger partial charge < -0.3 is 33.8 Å². The number of benzene rings is 1. The summed E-state index contributed by atoms with van der Waals surface area (Å²) in [6.45, 7) is 5.01. The number of nitrogens with one attached hydrogen (secondary N) is 1. The number of hydrogen-bond acceptors (Lipinski definition) is 11. The maximum absolute atomic E-state index is 14.1. The molecule has 0 spiro atoms. The second-order valence-corrected chi connectivity index (χ2v) is 9.78. The van der Waals surface area contributed by atoms with Crippen molar-refractivity contribution >= 4 is 24.7 Å². The molecule has 0 amide bonds. The molecule has 3 N–H and O–H groups in total. The number of ether oxygens (including phenoxy) is 4. The van der Waals surface area contributed by atoms with Crippen molar-refractivity contribution in [3.05, 3.63) is 70.3 Å². The number of aromatic nitrogens is 4. The summed E-state index contributed by atoms with van der Waals surface area (Å²) in [5.41, 5.74) is 5.96. The first-order valence-electron chi connectivity index (χ1n) is 10.9. The van der Waals surface area contributed by atoms with Crippen LogP contribution in [0.1, 0.15) is 12.5 Å². The topological polar surface area (TPSA) is 162 Å². The van der Waals surface area contributed by atoms with E-state index in [0.29, 0.717) is 11.3 Å². The molecule has 15 heteroatoms. The van der Waals surface area contributed by atoms with Crippen LogP contribution in [-0.2, 0) is 41.0 Å². The molecule has 0 bridgehead atoms. The van der Waals surface area contributed by atoms with E-state index >= 15 is 0 Å². The third kappa shape index (κ3) is 6.35. The SMILES string of the molecule is C=C1OC(C)=C(COP(=O)(COCCn2cnc3c(=O)[nH]c(N)nc32)OCc2ccc(OC)c(F)c2)O1. The zero-order valence-corrected chi connectivity index (χ0v) is 21.0. The number of nitrogen functional groups attached to an aromatic ring is 1. The minimum Gasteiger partial charge on any atom is -0.494 e. The van der Waals surface area contributed by atoms with Gasteiger partial charge in [0.1, 0.15) is 18.7 Å². The van der Waals surface area contributed by atoms with Crippen molar-refractivity contribution in [2.75, 3.05) is 32.4 Å². The van der Waals surface area contributed by atoms with Crippen molar-refractivity contribution in [1.29, 1.82) is 0 Å². The molecule has 4 rings (SSSR count). The molecule has 198 valence electrons. The van der Waals surface area contributed by atoms with Gasteiger partial charge in [-0.05, 0) is 31.2 Å². The molecule has 0 saturated heterocycles. The minimum absolute atomic E-state index is 0.0475. The highest BCUT2D eigenvalue weighted by Gasteiger charge is 2.29. The van der Waals surface area contributed by atoms with E-state index in [1.807, 2.05) is 0 Å². The Morgan fingerprint density at radius 3 is 2.76 bits per heavy atom. The largest absolute Gasteiger partial charge is 0.494 e. The van der Waals surface area contributed by atoms with Crippen LogP contribution in [0.25, 0.3) is 11.2 Å². The van der Waals surface area contributed by atoms with Gasteiger partial charge in [0, 0.05) is 6.54 Å². The number of hydrogen-bond donors (Lipinski definition) is 2. The Kier molecular flexibility index (Phi) is 7.93. The van der Waals surface area contributed by atoms with Crippen molar-refractivity contribution in [3.8, 4) is 5.75 Å². The Morgan fingerprint density at radius 2 is 2.05 bits per heavy atom. The van der Waals surface area contributed by atoms with E-state index in [1.54, 1.807) is 17.6 Å². The van der Waals surface area contributed by atoms with Gasteiger partial charge >= 0.3 is 7.60 Å². The fraction of sp³-hybridized carbons (Fsp3) is 0.318. The van der Waals surface area contributed by atoms with Crippen molar-refractivity contribution < 1.29 is 37.0 Å². The van der Waals surface area contributed by atoms with Crippen molar-refractivity contribution in [3.63, 3.8) is 0 Å². The van der Waals surface area contributed by atoms with Crippen LogP contribution in [0.3, 0.4) is 0 Å². The lowest BCUT2D eigenvalue weighted by atomic mass is 10.2. The van der Waals surface area contributed by atoms with E-state index in [1.165, 1.54) is 25.6 Å². The summed E-state index contributed by atoms with van der Waals surface area (Å²) in [5.74, 6) is 0.181. The van der Waals surface area contributed by atoms with Gasteiger partial charge in [0.25, 0.3) is 11.5 Å². The summed E-state index contributed by atoms with van der Waals surface area (Å²) in [7, 11) is -2.53. The maximum atomic E-state index is 14.1. The zero-order chi connectivity index (χ0) is 26.6. The molecule has 0 saturated carbocycles. The number of fused-ring (bicyclic) bond motifs is 1. The Hall–Kier alpha value is -3.71. The standard InChI is InChI=1S/C22H25FN5O8P/c1-13-18(36-14(2)35-13)10-34-37(30,33-9-15-4-5-17(31-3)16(23)8-15)12-32-7-6-28-11-25-19-20(28)26-22(24)27-21(19)29/h4-5,8,11H,2,6-7,9-10,12H2,1,3H3,(H3,24,26,27,29). The Balaban J connectivity index is 1.41. The normalized spacial score (nSPS) is 15.1. The van der Waals surface area contributed by atoms with Crippen LogP contribution in [-0.4, -0.2) is 46.2 Å². The summed E-state index contributed by atoms with van der Waals surface area (Å²) < 4.78 is 61.2. The predicted molar refractivity (Wildman–Crippen MR) is 129 cm³/mol. The Labute approximate surface area is 210 Å². The molecule has 3 aromatic rings. The average Bonchev–Trinajstić information content (AvgIpc) is 3.41. The number of aromatic amines is 1. The number of halogens is 1. The van der Waals surface area contributed by atoms with Crippen LogP contribution in [0.2, 0.25) is 0 Å². The Bertz CT molecular complexity index is 1450. The van der Waals surface area contributed by atoms with Crippen molar-refractivity contribution in [1.82, 2.24) is 19.5 Å². The number of H-pyrrole nitrogens is 1. The van der Waals surface area contributed by atoms with Crippen molar-refractivity contribution in [2.45, 2.75) is 20.1 Å². The molecular formula is C22H25FN5O8P. The molecule has 2 aromatic heterocycles. The molecule has 1 atom stereocenters. The molecule has 1 aliphatic rings. The number of allylic oxidation sites excluding steroid dienone is 1. The molecule has 13 nitrogen and oxygen atoms in total. The van der Waals surface area contributed by atoms with Crippen LogP contribution in [0.5, 0.6) is 5.75 Å². The molecule has 1 unspecified atom stereocenters. The molecular weight excluding hydrogens is 512 g/mol. The monoisotopic (exact) mass is 537 g/mol. The quantitative estimate of drug-likeness (QED) is 0.258. The number of rotatable bonds is 12.